The standard InChI is InChI=1S/C17H25N5O2/c1-3-4-18-17-19-7-13(8-20-17)9-22-10-14(16(23)11-22)6-15-5-12(2)21-24-15/h5,7-8,14,16,23H,3-4,6,9-11H2,1-2H3,(H,18,19,20). The molecule has 2 aromatic rings. The van der Waals surface area contributed by atoms with Crippen molar-refractivity contribution in [3.05, 3.63) is 35.5 Å². The molecule has 1 aliphatic heterocycles. The van der Waals surface area contributed by atoms with E-state index in [0.29, 0.717) is 12.5 Å². The fraction of sp³-hybridized carbons (Fsp3) is 0.588. The van der Waals surface area contributed by atoms with Gasteiger partial charge in [0.15, 0.2) is 0 Å². The van der Waals surface area contributed by atoms with Gasteiger partial charge in [0.1, 0.15) is 5.76 Å². The van der Waals surface area contributed by atoms with E-state index in [1.54, 1.807) is 0 Å². The van der Waals surface area contributed by atoms with Crippen molar-refractivity contribution in [3.8, 4) is 0 Å². The topological polar surface area (TPSA) is 87.3 Å². The molecule has 0 saturated carbocycles. The zero-order chi connectivity index (χ0) is 16.9. The molecule has 3 heterocycles. The number of aryl methyl sites for hydroxylation is 1. The highest BCUT2D eigenvalue weighted by atomic mass is 16.5. The van der Waals surface area contributed by atoms with Crippen molar-refractivity contribution in [2.75, 3.05) is 25.0 Å². The number of nitrogens with one attached hydrogen (secondary N) is 1. The molecule has 1 saturated heterocycles. The summed E-state index contributed by atoms with van der Waals surface area (Å²) in [5.41, 5.74) is 1.93. The summed E-state index contributed by atoms with van der Waals surface area (Å²) in [5, 5.41) is 17.4. The Labute approximate surface area is 142 Å². The van der Waals surface area contributed by atoms with Crippen molar-refractivity contribution in [1.82, 2.24) is 20.0 Å². The minimum absolute atomic E-state index is 0.170. The third kappa shape index (κ3) is 4.30. The number of aromatic nitrogens is 3. The molecule has 2 aromatic heterocycles. The maximum atomic E-state index is 10.3. The lowest BCUT2D eigenvalue weighted by atomic mass is 10.0. The number of aliphatic hydroxyl groups excluding tert-OH is 1. The first-order valence-electron chi connectivity index (χ1n) is 8.51. The Hall–Kier alpha value is -1.99. The molecule has 2 atom stereocenters. The largest absolute Gasteiger partial charge is 0.391 e. The van der Waals surface area contributed by atoms with Gasteiger partial charge in [-0.1, -0.05) is 12.1 Å². The van der Waals surface area contributed by atoms with Crippen LogP contribution in [-0.4, -0.2) is 50.9 Å². The number of rotatable bonds is 7. The number of hydrogen-bond acceptors (Lipinski definition) is 7. The van der Waals surface area contributed by atoms with Crippen LogP contribution in [0.5, 0.6) is 0 Å². The second-order valence-corrected chi connectivity index (χ2v) is 6.50. The quantitative estimate of drug-likeness (QED) is 0.797. The summed E-state index contributed by atoms with van der Waals surface area (Å²) in [6, 6.07) is 1.94. The third-order valence-electron chi connectivity index (χ3n) is 4.27. The van der Waals surface area contributed by atoms with E-state index in [4.69, 9.17) is 4.52 Å². The monoisotopic (exact) mass is 331 g/mol. The SMILES string of the molecule is CCCNc1ncc(CN2CC(O)C(Cc3cc(C)no3)C2)cn1. The molecule has 130 valence electrons. The zero-order valence-electron chi connectivity index (χ0n) is 14.3. The predicted molar refractivity (Wildman–Crippen MR) is 90.5 cm³/mol. The van der Waals surface area contributed by atoms with E-state index in [1.807, 2.05) is 25.4 Å². The lowest BCUT2D eigenvalue weighted by molar-refractivity contribution is 0.137. The summed E-state index contributed by atoms with van der Waals surface area (Å²) in [7, 11) is 0. The molecule has 2 N–H and O–H groups in total. The van der Waals surface area contributed by atoms with Gasteiger partial charge in [0.2, 0.25) is 5.95 Å². The summed E-state index contributed by atoms with van der Waals surface area (Å²) < 4.78 is 5.27. The molecule has 0 amide bonds. The van der Waals surface area contributed by atoms with Crippen LogP contribution in [0.25, 0.3) is 0 Å². The maximum absolute atomic E-state index is 10.3. The second-order valence-electron chi connectivity index (χ2n) is 6.50. The first-order chi connectivity index (χ1) is 11.6. The Kier molecular flexibility index (Phi) is 5.42. The number of likely N-dealkylation sites (tertiary alicyclic amines) is 1. The highest BCUT2D eigenvalue weighted by Crippen LogP contribution is 2.23. The minimum atomic E-state index is -0.346. The molecule has 1 fully saturated rings. The lowest BCUT2D eigenvalue weighted by Gasteiger charge is -2.15. The molecule has 0 aromatic carbocycles. The molecule has 3 rings (SSSR count). The average molecular weight is 331 g/mol. The van der Waals surface area contributed by atoms with Crippen molar-refractivity contribution in [2.45, 2.75) is 39.3 Å². The summed E-state index contributed by atoms with van der Waals surface area (Å²) in [4.78, 5) is 10.9. The molecule has 7 heteroatoms. The first-order valence-corrected chi connectivity index (χ1v) is 8.51. The molecule has 1 aliphatic rings. The van der Waals surface area contributed by atoms with Crippen molar-refractivity contribution >= 4 is 5.95 Å². The van der Waals surface area contributed by atoms with Crippen LogP contribution in [0, 0.1) is 12.8 Å². The number of anilines is 1. The van der Waals surface area contributed by atoms with Crippen LogP contribution in [0.1, 0.15) is 30.4 Å². The van der Waals surface area contributed by atoms with Gasteiger partial charge in [0, 0.05) is 62.5 Å². The number of aliphatic hydroxyl groups is 1. The summed E-state index contributed by atoms with van der Waals surface area (Å²) >= 11 is 0. The lowest BCUT2D eigenvalue weighted by Crippen LogP contribution is -2.21. The molecule has 2 unspecified atom stereocenters. The van der Waals surface area contributed by atoms with E-state index in [1.165, 1.54) is 0 Å². The minimum Gasteiger partial charge on any atom is -0.391 e. The van der Waals surface area contributed by atoms with Crippen molar-refractivity contribution in [3.63, 3.8) is 0 Å². The summed E-state index contributed by atoms with van der Waals surface area (Å²) in [6.45, 7) is 7.13. The highest BCUT2D eigenvalue weighted by molar-refractivity contribution is 5.24. The van der Waals surface area contributed by atoms with Crippen LogP contribution in [0.3, 0.4) is 0 Å². The maximum Gasteiger partial charge on any atom is 0.222 e. The summed E-state index contributed by atoms with van der Waals surface area (Å²) in [6.07, 6.45) is 5.12. The van der Waals surface area contributed by atoms with Gasteiger partial charge >= 0.3 is 0 Å². The van der Waals surface area contributed by atoms with Crippen molar-refractivity contribution in [2.24, 2.45) is 5.92 Å². The Bertz CT molecular complexity index is 643. The number of hydrogen-bond donors (Lipinski definition) is 2. The van der Waals surface area contributed by atoms with Gasteiger partial charge in [0.05, 0.1) is 11.8 Å². The van der Waals surface area contributed by atoms with Crippen LogP contribution in [0.4, 0.5) is 5.95 Å². The van der Waals surface area contributed by atoms with Gasteiger partial charge in [-0.2, -0.15) is 0 Å². The Morgan fingerprint density at radius 3 is 2.79 bits per heavy atom. The van der Waals surface area contributed by atoms with E-state index in [0.717, 1.165) is 49.5 Å². The Balaban J connectivity index is 1.53. The Morgan fingerprint density at radius 1 is 1.33 bits per heavy atom. The molecular formula is C17H25N5O2. The van der Waals surface area contributed by atoms with Gasteiger partial charge in [-0.05, 0) is 13.3 Å². The number of β-amino-alcohol motifs (C(OH)–C–C–N with tert-alkyl or cyclic N) is 1. The van der Waals surface area contributed by atoms with Crippen LogP contribution in [-0.2, 0) is 13.0 Å². The van der Waals surface area contributed by atoms with E-state index < -0.39 is 0 Å². The van der Waals surface area contributed by atoms with Crippen molar-refractivity contribution in [1.29, 1.82) is 0 Å². The first kappa shape index (κ1) is 16.9. The molecule has 0 spiro atoms. The number of nitrogens with zero attached hydrogens (tertiary/aromatic N) is 4. The van der Waals surface area contributed by atoms with Gasteiger partial charge in [-0.25, -0.2) is 9.97 Å². The van der Waals surface area contributed by atoms with E-state index in [9.17, 15) is 5.11 Å². The zero-order valence-corrected chi connectivity index (χ0v) is 14.3. The fourth-order valence-corrected chi connectivity index (χ4v) is 3.06. The van der Waals surface area contributed by atoms with E-state index >= 15 is 0 Å². The fourth-order valence-electron chi connectivity index (χ4n) is 3.06. The average Bonchev–Trinajstić information content (AvgIpc) is 3.13. The van der Waals surface area contributed by atoms with E-state index in [2.05, 4.69) is 32.3 Å². The van der Waals surface area contributed by atoms with Crippen LogP contribution >= 0.6 is 0 Å². The molecule has 24 heavy (non-hydrogen) atoms. The van der Waals surface area contributed by atoms with Crippen LogP contribution < -0.4 is 5.32 Å². The molecular weight excluding hydrogens is 306 g/mol. The molecule has 7 nitrogen and oxygen atoms in total. The van der Waals surface area contributed by atoms with Crippen molar-refractivity contribution < 1.29 is 9.63 Å². The Morgan fingerprint density at radius 2 is 2.12 bits per heavy atom. The normalized spacial score (nSPS) is 21.3. The third-order valence-corrected chi connectivity index (χ3v) is 4.27. The second kappa shape index (κ2) is 7.72. The van der Waals surface area contributed by atoms with E-state index in [-0.39, 0.29) is 12.0 Å². The molecule has 0 aliphatic carbocycles. The van der Waals surface area contributed by atoms with Crippen LogP contribution in [0.2, 0.25) is 0 Å². The van der Waals surface area contributed by atoms with Gasteiger partial charge < -0.3 is 14.9 Å². The van der Waals surface area contributed by atoms with Gasteiger partial charge in [-0.3, -0.25) is 4.90 Å². The van der Waals surface area contributed by atoms with Gasteiger partial charge in [0.25, 0.3) is 0 Å². The van der Waals surface area contributed by atoms with Crippen LogP contribution in [0.15, 0.2) is 23.0 Å². The predicted octanol–water partition coefficient (Wildman–Crippen LogP) is 1.63. The molecule has 0 radical (unpaired) electrons. The highest BCUT2D eigenvalue weighted by Gasteiger charge is 2.32. The summed E-state index contributed by atoms with van der Waals surface area (Å²) in [5.74, 6) is 1.68. The smallest absolute Gasteiger partial charge is 0.222 e. The van der Waals surface area contributed by atoms with Gasteiger partial charge in [-0.15, -0.1) is 0 Å². The molecule has 0 bridgehead atoms.